The Morgan fingerprint density at radius 1 is 1.12 bits per heavy atom. The van der Waals surface area contributed by atoms with E-state index in [2.05, 4.69) is 4.57 Å². The van der Waals surface area contributed by atoms with Crippen molar-refractivity contribution in [1.29, 1.82) is 0 Å². The summed E-state index contributed by atoms with van der Waals surface area (Å²) in [5, 5.41) is 1.56. The molecule has 0 N–H and O–H groups in total. The summed E-state index contributed by atoms with van der Waals surface area (Å²) in [6, 6.07) is 13.0. The zero-order valence-corrected chi connectivity index (χ0v) is 20.5. The van der Waals surface area contributed by atoms with E-state index in [0.717, 1.165) is 35.7 Å². The van der Waals surface area contributed by atoms with Crippen LogP contribution in [0.1, 0.15) is 18.4 Å². The van der Waals surface area contributed by atoms with E-state index >= 15 is 0 Å². The topological polar surface area (TPSA) is 73.7 Å². The fraction of sp³-hybridized carbons (Fsp3) is 0.435. The molecular formula is C23H26ClN3O4S2. The van der Waals surface area contributed by atoms with Crippen LogP contribution < -0.4 is 0 Å². The lowest BCUT2D eigenvalue weighted by atomic mass is 10.2. The number of halogens is 1. The number of benzene rings is 2. The monoisotopic (exact) mass is 507 g/mol. The Balaban J connectivity index is 1.47. The van der Waals surface area contributed by atoms with Gasteiger partial charge in [-0.15, -0.1) is 0 Å². The highest BCUT2D eigenvalue weighted by atomic mass is 35.5. The number of morpholine rings is 1. The molecule has 33 heavy (non-hydrogen) atoms. The zero-order chi connectivity index (χ0) is 22.8. The molecule has 3 heterocycles. The Bertz CT molecular complexity index is 1240. The van der Waals surface area contributed by atoms with Crippen molar-refractivity contribution < 1.29 is 17.9 Å². The number of hydrogen-bond donors (Lipinski definition) is 0. The predicted molar refractivity (Wildman–Crippen MR) is 129 cm³/mol. The summed E-state index contributed by atoms with van der Waals surface area (Å²) in [7, 11) is -3.58. The van der Waals surface area contributed by atoms with Gasteiger partial charge in [0.25, 0.3) is 0 Å². The molecule has 2 saturated heterocycles. The summed E-state index contributed by atoms with van der Waals surface area (Å²) in [6.07, 6.45) is 2.22. The van der Waals surface area contributed by atoms with Crippen molar-refractivity contribution in [2.24, 2.45) is 0 Å². The van der Waals surface area contributed by atoms with Gasteiger partial charge in [0.15, 0.2) is 5.16 Å². The number of rotatable bonds is 7. The molecule has 0 bridgehead atoms. The molecular weight excluding hydrogens is 482 g/mol. The molecule has 0 saturated carbocycles. The van der Waals surface area contributed by atoms with Gasteiger partial charge in [0.2, 0.25) is 10.0 Å². The maximum Gasteiger partial charge on any atom is 0.243 e. The van der Waals surface area contributed by atoms with Crippen LogP contribution in [0, 0.1) is 0 Å². The lowest BCUT2D eigenvalue weighted by Gasteiger charge is -2.26. The van der Waals surface area contributed by atoms with Gasteiger partial charge in [-0.2, -0.15) is 4.31 Å². The first kappa shape index (κ1) is 23.1. The Labute approximate surface area is 203 Å². The highest BCUT2D eigenvalue weighted by Gasteiger charge is 2.27. The molecule has 0 unspecified atom stereocenters. The molecule has 176 valence electrons. The van der Waals surface area contributed by atoms with Crippen molar-refractivity contribution in [1.82, 2.24) is 13.9 Å². The lowest BCUT2D eigenvalue weighted by Crippen LogP contribution is -2.40. The molecule has 0 radical (unpaired) electrons. The third-order valence-electron chi connectivity index (χ3n) is 5.96. The number of ether oxygens (including phenoxy) is 2. The van der Waals surface area contributed by atoms with Crippen LogP contribution in [0.3, 0.4) is 0 Å². The van der Waals surface area contributed by atoms with Crippen LogP contribution >= 0.6 is 23.4 Å². The third-order valence-corrected chi connectivity index (χ3v) is 9.14. The smallest absolute Gasteiger partial charge is 0.243 e. The second kappa shape index (κ2) is 9.93. The fourth-order valence-electron chi connectivity index (χ4n) is 4.24. The molecule has 0 aliphatic carbocycles. The van der Waals surface area contributed by atoms with Crippen molar-refractivity contribution >= 4 is 44.4 Å². The minimum atomic E-state index is -3.58. The second-order valence-corrected chi connectivity index (χ2v) is 11.5. The van der Waals surface area contributed by atoms with Crippen molar-refractivity contribution in [3.8, 4) is 0 Å². The van der Waals surface area contributed by atoms with Crippen LogP contribution in [-0.2, 0) is 31.8 Å². The molecule has 0 amide bonds. The van der Waals surface area contributed by atoms with E-state index in [0.29, 0.717) is 49.1 Å². The number of sulfonamides is 1. The van der Waals surface area contributed by atoms with E-state index in [-0.39, 0.29) is 11.0 Å². The number of imidazole rings is 1. The number of hydrogen-bond acceptors (Lipinski definition) is 6. The minimum absolute atomic E-state index is 0.143. The zero-order valence-electron chi connectivity index (χ0n) is 18.2. The molecule has 2 aliphatic heterocycles. The largest absolute Gasteiger partial charge is 0.379 e. The molecule has 5 rings (SSSR count). The number of fused-ring (bicyclic) bond motifs is 1. The van der Waals surface area contributed by atoms with E-state index in [9.17, 15) is 8.42 Å². The highest BCUT2D eigenvalue weighted by Crippen LogP contribution is 2.31. The normalized spacial score (nSPS) is 20.0. The van der Waals surface area contributed by atoms with Gasteiger partial charge in [0, 0.05) is 30.5 Å². The van der Waals surface area contributed by atoms with E-state index in [1.165, 1.54) is 4.31 Å². The van der Waals surface area contributed by atoms with Crippen molar-refractivity contribution in [2.75, 3.05) is 32.9 Å². The van der Waals surface area contributed by atoms with Gasteiger partial charge >= 0.3 is 0 Å². The maximum absolute atomic E-state index is 13.1. The van der Waals surface area contributed by atoms with Crippen molar-refractivity contribution in [3.05, 3.63) is 53.1 Å². The van der Waals surface area contributed by atoms with Crippen LogP contribution in [0.5, 0.6) is 0 Å². The Kier molecular flexibility index (Phi) is 6.96. The molecule has 2 aliphatic rings. The molecule has 10 heteroatoms. The standard InChI is InChI=1S/C23H26ClN3O4S2/c24-18-4-1-3-17(13-18)16-32-23-25-21-14-20(33(28,29)26-8-11-30-12-9-26)6-7-22(21)27(23)15-19-5-2-10-31-19/h1,3-4,6-7,13-14,19H,2,5,8-12,15-16H2/t19-/m0/s1. The van der Waals surface area contributed by atoms with E-state index < -0.39 is 10.0 Å². The minimum Gasteiger partial charge on any atom is -0.379 e. The van der Waals surface area contributed by atoms with Crippen LogP contribution in [0.25, 0.3) is 11.0 Å². The molecule has 3 aromatic rings. The summed E-state index contributed by atoms with van der Waals surface area (Å²) in [6.45, 7) is 3.06. The van der Waals surface area contributed by atoms with Crippen LogP contribution in [0.15, 0.2) is 52.5 Å². The van der Waals surface area contributed by atoms with Crippen molar-refractivity contribution in [3.63, 3.8) is 0 Å². The fourth-order valence-corrected chi connectivity index (χ4v) is 6.85. The van der Waals surface area contributed by atoms with Crippen LogP contribution in [-0.4, -0.2) is 61.3 Å². The first-order chi connectivity index (χ1) is 16.0. The van der Waals surface area contributed by atoms with Gasteiger partial charge < -0.3 is 14.0 Å². The maximum atomic E-state index is 13.1. The lowest BCUT2D eigenvalue weighted by molar-refractivity contribution is 0.0730. The average molecular weight is 508 g/mol. The Morgan fingerprint density at radius 2 is 1.97 bits per heavy atom. The van der Waals surface area contributed by atoms with Crippen LogP contribution in [0.2, 0.25) is 5.02 Å². The van der Waals surface area contributed by atoms with Crippen molar-refractivity contribution in [2.45, 2.75) is 41.3 Å². The summed E-state index contributed by atoms with van der Waals surface area (Å²) in [5.41, 5.74) is 2.70. The number of thioether (sulfide) groups is 1. The molecule has 2 aromatic carbocycles. The molecule has 1 atom stereocenters. The van der Waals surface area contributed by atoms with Gasteiger partial charge in [-0.1, -0.05) is 35.5 Å². The number of nitrogens with zero attached hydrogens (tertiary/aromatic N) is 3. The third kappa shape index (κ3) is 5.08. The van der Waals surface area contributed by atoms with Gasteiger partial charge in [-0.3, -0.25) is 0 Å². The molecule has 7 nitrogen and oxygen atoms in total. The van der Waals surface area contributed by atoms with Gasteiger partial charge in [0.1, 0.15) is 0 Å². The van der Waals surface area contributed by atoms with Crippen LogP contribution in [0.4, 0.5) is 0 Å². The summed E-state index contributed by atoms with van der Waals surface area (Å²) in [5.74, 6) is 0.717. The van der Waals surface area contributed by atoms with E-state index in [4.69, 9.17) is 26.1 Å². The Hall–Kier alpha value is -1.62. The highest BCUT2D eigenvalue weighted by molar-refractivity contribution is 7.98. The molecule has 0 spiro atoms. The average Bonchev–Trinajstić information content (AvgIpc) is 3.46. The summed E-state index contributed by atoms with van der Waals surface area (Å²) < 4.78 is 41.1. The van der Waals surface area contributed by atoms with Gasteiger partial charge in [0.05, 0.1) is 41.8 Å². The summed E-state index contributed by atoms with van der Waals surface area (Å²) >= 11 is 7.76. The SMILES string of the molecule is O=S(=O)(c1ccc2c(c1)nc(SCc1cccc(Cl)c1)n2C[C@@H]1CCCO1)N1CCOCC1. The quantitative estimate of drug-likeness (QED) is 0.447. The summed E-state index contributed by atoms with van der Waals surface area (Å²) in [4.78, 5) is 5.11. The first-order valence-electron chi connectivity index (χ1n) is 11.1. The van der Waals surface area contributed by atoms with Gasteiger partial charge in [-0.05, 0) is 48.7 Å². The first-order valence-corrected chi connectivity index (χ1v) is 13.9. The van der Waals surface area contributed by atoms with E-state index in [1.807, 2.05) is 30.3 Å². The number of aromatic nitrogens is 2. The molecule has 1 aromatic heterocycles. The Morgan fingerprint density at radius 3 is 2.73 bits per heavy atom. The second-order valence-electron chi connectivity index (χ2n) is 8.23. The predicted octanol–water partition coefficient (Wildman–Crippen LogP) is 4.18. The van der Waals surface area contributed by atoms with E-state index in [1.54, 1.807) is 23.9 Å². The van der Waals surface area contributed by atoms with Gasteiger partial charge in [-0.25, -0.2) is 13.4 Å². The molecule has 2 fully saturated rings.